The van der Waals surface area contributed by atoms with Crippen LogP contribution in [-0.4, -0.2) is 42.1 Å². The van der Waals surface area contributed by atoms with Crippen LogP contribution >= 0.6 is 11.3 Å². The average molecular weight is 312 g/mol. The molecule has 3 rings (SSSR count). The van der Waals surface area contributed by atoms with Crippen molar-refractivity contribution in [3.63, 3.8) is 0 Å². The lowest BCUT2D eigenvalue weighted by Gasteiger charge is -2.26. The van der Waals surface area contributed by atoms with Crippen LogP contribution in [0.5, 0.6) is 0 Å². The molecule has 0 N–H and O–H groups in total. The Morgan fingerprint density at radius 1 is 1.32 bits per heavy atom. The second kappa shape index (κ2) is 6.73. The minimum absolute atomic E-state index is 0.0180. The van der Waals surface area contributed by atoms with Gasteiger partial charge in [0.2, 0.25) is 0 Å². The van der Waals surface area contributed by atoms with Crippen LogP contribution in [0.15, 0.2) is 30.5 Å². The Labute approximate surface area is 133 Å². The van der Waals surface area contributed by atoms with Gasteiger partial charge in [0.25, 0.3) is 5.91 Å². The highest BCUT2D eigenvalue weighted by Crippen LogP contribution is 2.15. The van der Waals surface area contributed by atoms with Crippen LogP contribution in [0.2, 0.25) is 0 Å². The third-order valence-electron chi connectivity index (χ3n) is 3.35. The Balaban J connectivity index is 1.72. The van der Waals surface area contributed by atoms with Gasteiger partial charge in [-0.15, -0.1) is 11.3 Å². The molecule has 1 aromatic heterocycles. The molecule has 0 atom stereocenters. The van der Waals surface area contributed by atoms with Crippen LogP contribution < -0.4 is 0 Å². The molecule has 1 aliphatic rings. The fourth-order valence-electron chi connectivity index (χ4n) is 2.20. The lowest BCUT2D eigenvalue weighted by molar-refractivity contribution is 0.0306. The van der Waals surface area contributed by atoms with Crippen LogP contribution in [-0.2, 0) is 4.74 Å². The fourth-order valence-corrected chi connectivity index (χ4v) is 2.94. The Kier molecular flexibility index (Phi) is 4.52. The molecule has 0 saturated carbocycles. The smallest absolute Gasteiger partial charge is 0.265 e. The van der Waals surface area contributed by atoms with Gasteiger partial charge in [-0.1, -0.05) is 18.1 Å². The van der Waals surface area contributed by atoms with Crippen molar-refractivity contribution in [1.82, 2.24) is 9.88 Å². The van der Waals surface area contributed by atoms with Gasteiger partial charge in [-0.3, -0.25) is 4.79 Å². The van der Waals surface area contributed by atoms with E-state index in [0.717, 1.165) is 5.56 Å². The highest BCUT2D eigenvalue weighted by molar-refractivity contribution is 7.14. The number of aromatic nitrogens is 1. The van der Waals surface area contributed by atoms with E-state index in [1.165, 1.54) is 16.9 Å². The molecule has 4 nitrogen and oxygen atoms in total. The summed E-state index contributed by atoms with van der Waals surface area (Å²) < 4.78 is 5.26. The molecule has 1 aromatic carbocycles. The number of amides is 1. The maximum atomic E-state index is 12.3. The predicted octanol–water partition coefficient (Wildman–Crippen LogP) is 2.32. The first-order valence-electron chi connectivity index (χ1n) is 7.14. The van der Waals surface area contributed by atoms with Crippen LogP contribution in [0.25, 0.3) is 0 Å². The molecular weight excluding hydrogens is 296 g/mol. The first kappa shape index (κ1) is 14.8. The van der Waals surface area contributed by atoms with E-state index in [9.17, 15) is 4.79 Å². The topological polar surface area (TPSA) is 42.4 Å². The fraction of sp³-hybridized carbons (Fsp3) is 0.294. The van der Waals surface area contributed by atoms with Crippen molar-refractivity contribution in [2.24, 2.45) is 0 Å². The van der Waals surface area contributed by atoms with Crippen molar-refractivity contribution in [1.29, 1.82) is 0 Å². The number of rotatable bonds is 1. The van der Waals surface area contributed by atoms with Crippen molar-refractivity contribution in [3.05, 3.63) is 51.5 Å². The van der Waals surface area contributed by atoms with Gasteiger partial charge in [0, 0.05) is 18.7 Å². The van der Waals surface area contributed by atoms with Gasteiger partial charge < -0.3 is 9.64 Å². The molecule has 1 amide bonds. The van der Waals surface area contributed by atoms with Gasteiger partial charge in [0.1, 0.15) is 4.88 Å². The number of hydrogen-bond acceptors (Lipinski definition) is 4. The molecule has 0 unspecified atom stereocenters. The summed E-state index contributed by atoms with van der Waals surface area (Å²) in [4.78, 5) is 19.0. The van der Waals surface area contributed by atoms with E-state index in [2.05, 4.69) is 16.8 Å². The van der Waals surface area contributed by atoms with E-state index in [-0.39, 0.29) is 5.91 Å². The van der Waals surface area contributed by atoms with E-state index in [0.29, 0.717) is 36.2 Å². The van der Waals surface area contributed by atoms with Gasteiger partial charge in [-0.05, 0) is 30.5 Å². The van der Waals surface area contributed by atoms with Crippen LogP contribution in [0.3, 0.4) is 0 Å². The standard InChI is InChI=1S/C17H16N2O2S/c1-13-3-2-4-14(11-13)5-6-16-18-12-15(22-16)17(20)19-7-9-21-10-8-19/h2-4,11-12H,7-10H2,1H3. The molecule has 1 aliphatic heterocycles. The Morgan fingerprint density at radius 2 is 2.14 bits per heavy atom. The highest BCUT2D eigenvalue weighted by atomic mass is 32.1. The summed E-state index contributed by atoms with van der Waals surface area (Å²) >= 11 is 1.34. The number of benzene rings is 1. The summed E-state index contributed by atoms with van der Waals surface area (Å²) in [6, 6.07) is 8.01. The average Bonchev–Trinajstić information content (AvgIpc) is 3.02. The zero-order valence-electron chi connectivity index (χ0n) is 12.3. The van der Waals surface area contributed by atoms with E-state index in [1.807, 2.05) is 31.2 Å². The summed E-state index contributed by atoms with van der Waals surface area (Å²) in [7, 11) is 0. The van der Waals surface area contributed by atoms with E-state index < -0.39 is 0 Å². The highest BCUT2D eigenvalue weighted by Gasteiger charge is 2.20. The van der Waals surface area contributed by atoms with Crippen molar-refractivity contribution in [2.45, 2.75) is 6.92 Å². The summed E-state index contributed by atoms with van der Waals surface area (Å²) in [5, 5.41) is 0.665. The number of morpholine rings is 1. The van der Waals surface area contributed by atoms with Crippen LogP contribution in [0.1, 0.15) is 25.8 Å². The minimum atomic E-state index is 0.0180. The second-order valence-corrected chi connectivity index (χ2v) is 6.08. The van der Waals surface area contributed by atoms with Crippen molar-refractivity contribution >= 4 is 17.2 Å². The van der Waals surface area contributed by atoms with Crippen molar-refractivity contribution < 1.29 is 9.53 Å². The predicted molar refractivity (Wildman–Crippen MR) is 86.0 cm³/mol. The molecule has 0 aliphatic carbocycles. The normalized spacial score (nSPS) is 14.3. The maximum absolute atomic E-state index is 12.3. The molecule has 22 heavy (non-hydrogen) atoms. The quantitative estimate of drug-likeness (QED) is 0.759. The maximum Gasteiger partial charge on any atom is 0.265 e. The number of aryl methyl sites for hydroxylation is 1. The Morgan fingerprint density at radius 3 is 2.91 bits per heavy atom. The zero-order valence-corrected chi connectivity index (χ0v) is 13.2. The summed E-state index contributed by atoms with van der Waals surface area (Å²) in [6.07, 6.45) is 1.61. The van der Waals surface area contributed by atoms with E-state index in [1.54, 1.807) is 11.1 Å². The van der Waals surface area contributed by atoms with Crippen molar-refractivity contribution in [2.75, 3.05) is 26.3 Å². The molecule has 1 fully saturated rings. The Hall–Kier alpha value is -2.16. The third-order valence-corrected chi connectivity index (χ3v) is 4.25. The lowest BCUT2D eigenvalue weighted by Crippen LogP contribution is -2.40. The molecule has 0 bridgehead atoms. The number of nitrogens with zero attached hydrogens (tertiary/aromatic N) is 2. The first-order valence-corrected chi connectivity index (χ1v) is 7.95. The monoisotopic (exact) mass is 312 g/mol. The van der Waals surface area contributed by atoms with Gasteiger partial charge in [0.15, 0.2) is 5.01 Å². The number of carbonyl (C=O) groups is 1. The van der Waals surface area contributed by atoms with Gasteiger partial charge in [0.05, 0.1) is 19.4 Å². The zero-order chi connectivity index (χ0) is 15.4. The molecule has 0 spiro atoms. The SMILES string of the molecule is Cc1cccc(C#Cc2ncc(C(=O)N3CCOCC3)s2)c1. The van der Waals surface area contributed by atoms with E-state index in [4.69, 9.17) is 4.74 Å². The largest absolute Gasteiger partial charge is 0.378 e. The van der Waals surface area contributed by atoms with Crippen molar-refractivity contribution in [3.8, 4) is 11.8 Å². The first-order chi connectivity index (χ1) is 10.7. The summed E-state index contributed by atoms with van der Waals surface area (Å²) in [5.74, 6) is 6.13. The summed E-state index contributed by atoms with van der Waals surface area (Å²) in [6.45, 7) is 4.52. The van der Waals surface area contributed by atoms with Gasteiger partial charge in [-0.2, -0.15) is 0 Å². The molecule has 5 heteroatoms. The number of thiazole rings is 1. The van der Waals surface area contributed by atoms with Crippen LogP contribution in [0.4, 0.5) is 0 Å². The number of carbonyl (C=O) groups excluding carboxylic acids is 1. The Bertz CT molecular complexity index is 736. The second-order valence-electron chi connectivity index (χ2n) is 5.05. The third kappa shape index (κ3) is 3.53. The molecule has 112 valence electrons. The number of hydrogen-bond donors (Lipinski definition) is 0. The molecular formula is C17H16N2O2S. The van der Waals surface area contributed by atoms with Crippen LogP contribution in [0, 0.1) is 18.8 Å². The van der Waals surface area contributed by atoms with E-state index >= 15 is 0 Å². The lowest BCUT2D eigenvalue weighted by atomic mass is 10.1. The minimum Gasteiger partial charge on any atom is -0.378 e. The summed E-state index contributed by atoms with van der Waals surface area (Å²) in [5.41, 5.74) is 2.13. The van der Waals surface area contributed by atoms with Gasteiger partial charge in [-0.25, -0.2) is 4.98 Å². The molecule has 2 aromatic rings. The number of ether oxygens (including phenoxy) is 1. The van der Waals surface area contributed by atoms with Gasteiger partial charge >= 0.3 is 0 Å². The molecule has 0 radical (unpaired) electrons. The molecule has 1 saturated heterocycles. The molecule has 2 heterocycles.